The van der Waals surface area contributed by atoms with Crippen LogP contribution in [0.2, 0.25) is 0 Å². The number of piperidine rings is 1. The summed E-state index contributed by atoms with van der Waals surface area (Å²) in [4.78, 5) is 0. The van der Waals surface area contributed by atoms with E-state index in [1.54, 1.807) is 16.9 Å². The van der Waals surface area contributed by atoms with Gasteiger partial charge in [0.25, 0.3) is 0 Å². The maximum atomic E-state index is 14.1. The van der Waals surface area contributed by atoms with Gasteiger partial charge in [0.05, 0.1) is 0 Å². The minimum Gasteiger partial charge on any atom is -0.317 e. The molecule has 1 aromatic heterocycles. The van der Waals surface area contributed by atoms with Crippen molar-refractivity contribution in [3.05, 3.63) is 47.5 Å². The van der Waals surface area contributed by atoms with Crippen LogP contribution in [0.15, 0.2) is 30.5 Å². The van der Waals surface area contributed by atoms with Crippen molar-refractivity contribution in [2.45, 2.75) is 25.7 Å². The summed E-state index contributed by atoms with van der Waals surface area (Å²) in [6.45, 7) is 3.93. The molecule has 19 heavy (non-hydrogen) atoms. The van der Waals surface area contributed by atoms with Crippen LogP contribution in [0.4, 0.5) is 4.39 Å². The molecule has 1 saturated heterocycles. The van der Waals surface area contributed by atoms with E-state index in [1.807, 2.05) is 25.1 Å². The van der Waals surface area contributed by atoms with Gasteiger partial charge in [-0.1, -0.05) is 6.07 Å². The second kappa shape index (κ2) is 5.13. The second-order valence-corrected chi connectivity index (χ2v) is 5.15. The quantitative estimate of drug-likeness (QED) is 0.898. The van der Waals surface area contributed by atoms with E-state index in [1.165, 1.54) is 0 Å². The highest BCUT2D eigenvalue weighted by Crippen LogP contribution is 2.27. The Morgan fingerprint density at radius 1 is 1.26 bits per heavy atom. The largest absolute Gasteiger partial charge is 0.317 e. The highest BCUT2D eigenvalue weighted by atomic mass is 19.1. The Balaban J connectivity index is 1.99. The fraction of sp³-hybridized carbons (Fsp3) is 0.400. The highest BCUT2D eigenvalue weighted by Gasteiger charge is 2.20. The molecule has 4 heteroatoms. The number of hydrogen-bond acceptors (Lipinski definition) is 2. The van der Waals surface area contributed by atoms with E-state index in [0.29, 0.717) is 11.6 Å². The van der Waals surface area contributed by atoms with Gasteiger partial charge in [-0.3, -0.25) is 0 Å². The molecule has 0 amide bonds. The van der Waals surface area contributed by atoms with Crippen LogP contribution in [0.25, 0.3) is 5.69 Å². The predicted octanol–water partition coefficient (Wildman–Crippen LogP) is 2.79. The lowest BCUT2D eigenvalue weighted by Crippen LogP contribution is -2.27. The number of halogens is 1. The van der Waals surface area contributed by atoms with Gasteiger partial charge in [0.15, 0.2) is 0 Å². The first-order valence-corrected chi connectivity index (χ1v) is 6.77. The second-order valence-electron chi connectivity index (χ2n) is 5.15. The van der Waals surface area contributed by atoms with Gasteiger partial charge in [0.2, 0.25) is 0 Å². The van der Waals surface area contributed by atoms with Crippen LogP contribution in [0, 0.1) is 12.7 Å². The summed E-state index contributed by atoms with van der Waals surface area (Å²) in [5.74, 6) is 0.253. The molecule has 100 valence electrons. The summed E-state index contributed by atoms with van der Waals surface area (Å²) in [5.41, 5.74) is 2.59. The first-order chi connectivity index (χ1) is 9.25. The standard InChI is InChI=1S/C15H18FN3/c1-11-2-3-15(13(16)10-11)19-14(6-9-18-19)12-4-7-17-8-5-12/h2-3,6,9-10,12,17H,4-5,7-8H2,1H3. The van der Waals surface area contributed by atoms with Crippen molar-refractivity contribution in [2.75, 3.05) is 13.1 Å². The SMILES string of the molecule is Cc1ccc(-n2nccc2C2CCNCC2)c(F)c1. The average molecular weight is 259 g/mol. The smallest absolute Gasteiger partial charge is 0.149 e. The number of aryl methyl sites for hydroxylation is 1. The number of hydrogen-bond donors (Lipinski definition) is 1. The topological polar surface area (TPSA) is 29.9 Å². The molecule has 1 aliphatic rings. The Kier molecular flexibility index (Phi) is 3.34. The van der Waals surface area contributed by atoms with E-state index in [4.69, 9.17) is 0 Å². The molecule has 3 nitrogen and oxygen atoms in total. The van der Waals surface area contributed by atoms with Crippen molar-refractivity contribution in [3.63, 3.8) is 0 Å². The van der Waals surface area contributed by atoms with Gasteiger partial charge in [-0.15, -0.1) is 0 Å². The Morgan fingerprint density at radius 2 is 2.05 bits per heavy atom. The Bertz CT molecular complexity index is 571. The number of nitrogens with zero attached hydrogens (tertiary/aromatic N) is 2. The molecular formula is C15H18FN3. The fourth-order valence-corrected chi connectivity index (χ4v) is 2.73. The number of rotatable bonds is 2. The van der Waals surface area contributed by atoms with E-state index >= 15 is 0 Å². The minimum atomic E-state index is -0.209. The molecule has 1 fully saturated rings. The summed E-state index contributed by atoms with van der Waals surface area (Å²) in [6.07, 6.45) is 3.93. The molecule has 0 bridgehead atoms. The Hall–Kier alpha value is -1.68. The third-order valence-corrected chi connectivity index (χ3v) is 3.76. The van der Waals surface area contributed by atoms with Crippen molar-refractivity contribution >= 4 is 0 Å². The predicted molar refractivity (Wildman–Crippen MR) is 73.1 cm³/mol. The molecule has 1 aliphatic heterocycles. The van der Waals surface area contributed by atoms with Crippen molar-refractivity contribution in [2.24, 2.45) is 0 Å². The molecule has 0 unspecified atom stereocenters. The van der Waals surface area contributed by atoms with Crippen molar-refractivity contribution in [1.29, 1.82) is 0 Å². The molecule has 1 N–H and O–H groups in total. The molecule has 1 aromatic carbocycles. The molecule has 0 spiro atoms. The number of nitrogens with one attached hydrogen (secondary N) is 1. The van der Waals surface area contributed by atoms with E-state index in [9.17, 15) is 4.39 Å². The lowest BCUT2D eigenvalue weighted by molar-refractivity contribution is 0.444. The van der Waals surface area contributed by atoms with Crippen LogP contribution >= 0.6 is 0 Å². The first-order valence-electron chi connectivity index (χ1n) is 6.77. The first kappa shape index (κ1) is 12.4. The molecule has 2 aromatic rings. The normalized spacial score (nSPS) is 16.7. The molecule has 3 rings (SSSR count). The fourth-order valence-electron chi connectivity index (χ4n) is 2.73. The van der Waals surface area contributed by atoms with Crippen molar-refractivity contribution in [3.8, 4) is 5.69 Å². The van der Waals surface area contributed by atoms with Gasteiger partial charge in [-0.25, -0.2) is 9.07 Å². The van der Waals surface area contributed by atoms with Gasteiger partial charge in [0, 0.05) is 17.8 Å². The molecule has 0 atom stereocenters. The third-order valence-electron chi connectivity index (χ3n) is 3.76. The van der Waals surface area contributed by atoms with Gasteiger partial charge < -0.3 is 5.32 Å². The van der Waals surface area contributed by atoms with Crippen molar-refractivity contribution in [1.82, 2.24) is 15.1 Å². The van der Waals surface area contributed by atoms with E-state index < -0.39 is 0 Å². The van der Waals surface area contributed by atoms with Gasteiger partial charge in [0.1, 0.15) is 11.5 Å². The van der Waals surface area contributed by atoms with E-state index in [-0.39, 0.29) is 5.82 Å². The number of aromatic nitrogens is 2. The Labute approximate surface area is 112 Å². The van der Waals surface area contributed by atoms with Crippen LogP contribution < -0.4 is 5.32 Å². The average Bonchev–Trinajstić information content (AvgIpc) is 2.89. The molecule has 0 aliphatic carbocycles. The highest BCUT2D eigenvalue weighted by molar-refractivity contribution is 5.37. The zero-order valence-corrected chi connectivity index (χ0v) is 11.1. The maximum absolute atomic E-state index is 14.1. The van der Waals surface area contributed by atoms with Gasteiger partial charge in [-0.05, 0) is 56.6 Å². The monoisotopic (exact) mass is 259 g/mol. The molecule has 0 radical (unpaired) electrons. The Morgan fingerprint density at radius 3 is 2.79 bits per heavy atom. The lowest BCUT2D eigenvalue weighted by Gasteiger charge is -2.23. The zero-order chi connectivity index (χ0) is 13.2. The summed E-state index contributed by atoms with van der Waals surface area (Å²) in [5, 5.41) is 7.66. The van der Waals surface area contributed by atoms with Gasteiger partial charge in [-0.2, -0.15) is 5.10 Å². The summed E-state index contributed by atoms with van der Waals surface area (Å²) in [6, 6.07) is 7.30. The van der Waals surface area contributed by atoms with Crippen LogP contribution in [0.3, 0.4) is 0 Å². The van der Waals surface area contributed by atoms with Crippen LogP contribution in [-0.2, 0) is 0 Å². The lowest BCUT2D eigenvalue weighted by atomic mass is 9.94. The summed E-state index contributed by atoms with van der Waals surface area (Å²) >= 11 is 0. The zero-order valence-electron chi connectivity index (χ0n) is 11.1. The summed E-state index contributed by atoms with van der Waals surface area (Å²) < 4.78 is 15.8. The maximum Gasteiger partial charge on any atom is 0.149 e. The minimum absolute atomic E-state index is 0.209. The van der Waals surface area contributed by atoms with Gasteiger partial charge >= 0.3 is 0 Å². The third kappa shape index (κ3) is 2.40. The molecular weight excluding hydrogens is 241 g/mol. The van der Waals surface area contributed by atoms with Crippen molar-refractivity contribution < 1.29 is 4.39 Å². The number of benzene rings is 1. The summed E-state index contributed by atoms with van der Waals surface area (Å²) in [7, 11) is 0. The van der Waals surface area contributed by atoms with E-state index in [2.05, 4.69) is 10.4 Å². The van der Waals surface area contributed by atoms with E-state index in [0.717, 1.165) is 37.2 Å². The molecule has 2 heterocycles. The van der Waals surface area contributed by atoms with Crippen LogP contribution in [0.5, 0.6) is 0 Å². The van der Waals surface area contributed by atoms with Crippen LogP contribution in [0.1, 0.15) is 30.0 Å². The molecule has 0 saturated carbocycles. The van der Waals surface area contributed by atoms with Crippen LogP contribution in [-0.4, -0.2) is 22.9 Å².